The Morgan fingerprint density at radius 1 is 1.21 bits per heavy atom. The first-order valence-corrected chi connectivity index (χ1v) is 6.64. The summed E-state index contributed by atoms with van der Waals surface area (Å²) in [6.45, 7) is 2.12. The molecule has 0 unspecified atom stereocenters. The molecule has 0 bridgehead atoms. The predicted molar refractivity (Wildman–Crippen MR) is 70.1 cm³/mol. The molecule has 7 heteroatoms. The number of nitrogens with one attached hydrogen (secondary N) is 1. The highest BCUT2D eigenvalue weighted by Crippen LogP contribution is 2.14. The number of nitrogens with zero attached hydrogens (tertiary/aromatic N) is 1. The molecule has 0 fully saturated rings. The maximum atomic E-state index is 11.7. The highest BCUT2D eigenvalue weighted by Gasteiger charge is 2.27. The van der Waals surface area contributed by atoms with Crippen LogP contribution in [0.15, 0.2) is 4.99 Å². The molecule has 0 saturated carbocycles. The summed E-state index contributed by atoms with van der Waals surface area (Å²) in [7, 11) is 0. The van der Waals surface area contributed by atoms with E-state index in [0.29, 0.717) is 18.9 Å². The van der Waals surface area contributed by atoms with E-state index in [1.165, 1.54) is 12.8 Å². The third-order valence-electron chi connectivity index (χ3n) is 2.33. The summed E-state index contributed by atoms with van der Waals surface area (Å²) in [5.41, 5.74) is 5.59. The van der Waals surface area contributed by atoms with Crippen molar-refractivity contribution >= 4 is 5.96 Å². The molecule has 19 heavy (non-hydrogen) atoms. The highest BCUT2D eigenvalue weighted by molar-refractivity contribution is 5.77. The van der Waals surface area contributed by atoms with Crippen LogP contribution >= 0.6 is 0 Å². The van der Waals surface area contributed by atoms with Crippen molar-refractivity contribution in [3.8, 4) is 0 Å². The molecule has 0 radical (unpaired) electrons. The predicted octanol–water partition coefficient (Wildman–Crippen LogP) is 2.44. The Hall–Kier alpha value is -0.980. The van der Waals surface area contributed by atoms with E-state index in [2.05, 4.69) is 22.0 Å². The van der Waals surface area contributed by atoms with Gasteiger partial charge in [0, 0.05) is 19.7 Å². The number of hydrogen-bond acceptors (Lipinski definition) is 2. The van der Waals surface area contributed by atoms with Crippen LogP contribution in [-0.2, 0) is 4.74 Å². The Bertz CT molecular complexity index is 245. The third kappa shape index (κ3) is 15.0. The van der Waals surface area contributed by atoms with Gasteiger partial charge in [-0.2, -0.15) is 13.2 Å². The number of aliphatic imine (C=N–C) groups is 1. The molecule has 0 amide bonds. The lowest BCUT2D eigenvalue weighted by Crippen LogP contribution is -2.32. The Morgan fingerprint density at radius 2 is 1.95 bits per heavy atom. The molecule has 0 atom stereocenters. The van der Waals surface area contributed by atoms with Gasteiger partial charge in [-0.1, -0.05) is 26.2 Å². The molecule has 0 aliphatic heterocycles. The Morgan fingerprint density at radius 3 is 2.58 bits per heavy atom. The zero-order valence-corrected chi connectivity index (χ0v) is 11.4. The molecule has 0 saturated heterocycles. The van der Waals surface area contributed by atoms with Crippen molar-refractivity contribution in [2.24, 2.45) is 10.7 Å². The second kappa shape index (κ2) is 10.9. The quantitative estimate of drug-likeness (QED) is 0.368. The molecule has 0 spiro atoms. The van der Waals surface area contributed by atoms with Crippen molar-refractivity contribution in [1.82, 2.24) is 5.32 Å². The number of ether oxygens (including phenoxy) is 1. The van der Waals surface area contributed by atoms with Crippen molar-refractivity contribution in [3.63, 3.8) is 0 Å². The first-order valence-electron chi connectivity index (χ1n) is 6.64. The molecule has 0 aromatic carbocycles. The van der Waals surface area contributed by atoms with Gasteiger partial charge in [-0.15, -0.1) is 0 Å². The van der Waals surface area contributed by atoms with Crippen molar-refractivity contribution in [1.29, 1.82) is 0 Å². The van der Waals surface area contributed by atoms with E-state index in [4.69, 9.17) is 5.73 Å². The monoisotopic (exact) mass is 283 g/mol. The van der Waals surface area contributed by atoms with Crippen molar-refractivity contribution in [2.75, 3.05) is 26.3 Å². The molecule has 0 aromatic heterocycles. The summed E-state index contributed by atoms with van der Waals surface area (Å²) in [5, 5.41) is 2.96. The molecule has 3 N–H and O–H groups in total. The van der Waals surface area contributed by atoms with Crippen LogP contribution in [0.3, 0.4) is 0 Å². The molecule has 0 rings (SSSR count). The van der Waals surface area contributed by atoms with Gasteiger partial charge in [-0.3, -0.25) is 4.99 Å². The average Bonchev–Trinajstić information content (AvgIpc) is 2.32. The lowest BCUT2D eigenvalue weighted by molar-refractivity contribution is -0.173. The van der Waals surface area contributed by atoms with Crippen LogP contribution in [-0.4, -0.2) is 38.4 Å². The van der Waals surface area contributed by atoms with Gasteiger partial charge in [0.1, 0.15) is 6.61 Å². The van der Waals surface area contributed by atoms with Crippen molar-refractivity contribution in [3.05, 3.63) is 0 Å². The fourth-order valence-corrected chi connectivity index (χ4v) is 1.38. The number of unbranched alkanes of at least 4 members (excludes halogenated alkanes) is 3. The van der Waals surface area contributed by atoms with Gasteiger partial charge in [-0.05, 0) is 12.8 Å². The standard InChI is InChI=1S/C12H24F3N3O/c1-2-3-4-5-7-17-11(16)18-8-6-9-19-10-12(13,14)15/h2-10H2,1H3,(H3,16,17,18). The van der Waals surface area contributed by atoms with Crippen LogP contribution < -0.4 is 11.1 Å². The summed E-state index contributed by atoms with van der Waals surface area (Å²) in [5.74, 6) is 0.340. The van der Waals surface area contributed by atoms with Crippen molar-refractivity contribution in [2.45, 2.75) is 45.2 Å². The fraction of sp³-hybridized carbons (Fsp3) is 0.917. The minimum absolute atomic E-state index is 0.0345. The zero-order chi connectivity index (χ0) is 14.6. The molecular formula is C12H24F3N3O. The van der Waals surface area contributed by atoms with Gasteiger partial charge in [0.2, 0.25) is 0 Å². The van der Waals surface area contributed by atoms with E-state index in [9.17, 15) is 13.2 Å². The average molecular weight is 283 g/mol. The largest absolute Gasteiger partial charge is 0.411 e. The van der Waals surface area contributed by atoms with Gasteiger partial charge in [0.25, 0.3) is 0 Å². The number of rotatable bonds is 10. The lowest BCUT2D eigenvalue weighted by atomic mass is 10.2. The van der Waals surface area contributed by atoms with E-state index in [1.54, 1.807) is 0 Å². The zero-order valence-electron chi connectivity index (χ0n) is 11.4. The first-order chi connectivity index (χ1) is 8.95. The Labute approximate surface area is 112 Å². The molecule has 0 aromatic rings. The van der Waals surface area contributed by atoms with Crippen LogP contribution in [0, 0.1) is 0 Å². The molecule has 0 heterocycles. The van der Waals surface area contributed by atoms with E-state index in [-0.39, 0.29) is 6.61 Å². The SMILES string of the molecule is CCCCCCNC(N)=NCCCOCC(F)(F)F. The Balaban J connectivity index is 3.39. The van der Waals surface area contributed by atoms with Gasteiger partial charge in [0.15, 0.2) is 5.96 Å². The summed E-state index contributed by atoms with van der Waals surface area (Å²) in [6, 6.07) is 0. The van der Waals surface area contributed by atoms with Crippen LogP contribution in [0.25, 0.3) is 0 Å². The second-order valence-electron chi connectivity index (χ2n) is 4.28. The lowest BCUT2D eigenvalue weighted by Gasteiger charge is -2.07. The maximum Gasteiger partial charge on any atom is 0.411 e. The number of alkyl halides is 3. The van der Waals surface area contributed by atoms with Gasteiger partial charge in [0.05, 0.1) is 0 Å². The maximum absolute atomic E-state index is 11.7. The van der Waals surface area contributed by atoms with Crippen LogP contribution in [0.5, 0.6) is 0 Å². The Kier molecular flexibility index (Phi) is 10.3. The smallest absolute Gasteiger partial charge is 0.372 e. The first kappa shape index (κ1) is 18.0. The number of hydrogen-bond donors (Lipinski definition) is 2. The summed E-state index contributed by atoms with van der Waals surface area (Å²) >= 11 is 0. The van der Waals surface area contributed by atoms with Crippen LogP contribution in [0.4, 0.5) is 13.2 Å². The summed E-state index contributed by atoms with van der Waals surface area (Å²) in [4.78, 5) is 4.00. The topological polar surface area (TPSA) is 59.6 Å². The highest BCUT2D eigenvalue weighted by atomic mass is 19.4. The number of halogens is 3. The van der Waals surface area contributed by atoms with Gasteiger partial charge >= 0.3 is 6.18 Å². The molecule has 4 nitrogen and oxygen atoms in total. The minimum Gasteiger partial charge on any atom is -0.372 e. The normalized spacial score (nSPS) is 12.7. The number of guanidine groups is 1. The summed E-state index contributed by atoms with van der Waals surface area (Å²) in [6.07, 6.45) is 0.744. The molecule has 114 valence electrons. The molecular weight excluding hydrogens is 259 g/mol. The second-order valence-corrected chi connectivity index (χ2v) is 4.28. The molecule has 0 aliphatic carbocycles. The van der Waals surface area contributed by atoms with Crippen LogP contribution in [0.2, 0.25) is 0 Å². The van der Waals surface area contributed by atoms with Crippen molar-refractivity contribution < 1.29 is 17.9 Å². The van der Waals surface area contributed by atoms with E-state index < -0.39 is 12.8 Å². The van der Waals surface area contributed by atoms with Gasteiger partial charge in [-0.25, -0.2) is 0 Å². The fourth-order valence-electron chi connectivity index (χ4n) is 1.38. The van der Waals surface area contributed by atoms with Gasteiger partial charge < -0.3 is 15.8 Å². The van der Waals surface area contributed by atoms with Crippen LogP contribution in [0.1, 0.15) is 39.0 Å². The third-order valence-corrected chi connectivity index (χ3v) is 2.33. The van der Waals surface area contributed by atoms with E-state index in [1.807, 2.05) is 0 Å². The number of nitrogens with two attached hydrogens (primary N) is 1. The van der Waals surface area contributed by atoms with E-state index in [0.717, 1.165) is 19.4 Å². The van der Waals surface area contributed by atoms with E-state index >= 15 is 0 Å². The summed E-state index contributed by atoms with van der Waals surface area (Å²) < 4.78 is 39.7. The molecule has 0 aliphatic rings. The minimum atomic E-state index is -4.26.